The predicted molar refractivity (Wildman–Crippen MR) is 139 cm³/mol. The summed E-state index contributed by atoms with van der Waals surface area (Å²) in [6.45, 7) is 4.05. The molecule has 0 bridgehead atoms. The summed E-state index contributed by atoms with van der Waals surface area (Å²) in [7, 11) is -4.33. The van der Waals surface area contributed by atoms with Crippen molar-refractivity contribution in [1.82, 2.24) is 24.6 Å². The Labute approximate surface area is 232 Å². The highest BCUT2D eigenvalue weighted by Crippen LogP contribution is 2.49. The minimum atomic E-state index is -4.33. The van der Waals surface area contributed by atoms with Gasteiger partial charge in [0.2, 0.25) is 5.95 Å². The van der Waals surface area contributed by atoms with E-state index in [1.165, 1.54) is 19.1 Å². The van der Waals surface area contributed by atoms with Gasteiger partial charge in [0.1, 0.15) is 29.5 Å². The number of benzene rings is 1. The van der Waals surface area contributed by atoms with Crippen LogP contribution in [0.3, 0.4) is 0 Å². The summed E-state index contributed by atoms with van der Waals surface area (Å²) in [5.74, 6) is -0.764. The average molecular weight is 607 g/mol. The zero-order chi connectivity index (χ0) is 28.5. The SMILES string of the molecule is CC(C)OC(=O)[C@H](C)NP(=O)(OC[C@H]1O[C@@H](n2cnc3c(Cl)nc(N)nc32)[C@@](F)(Cl)C1O)Oc1ccccc1. The molecule has 4 rings (SSSR count). The number of ether oxygens (including phenoxy) is 2. The summed E-state index contributed by atoms with van der Waals surface area (Å²) in [6, 6.07) is 6.88. The fourth-order valence-electron chi connectivity index (χ4n) is 3.68. The quantitative estimate of drug-likeness (QED) is 0.133. The molecule has 3 aromatic rings. The second-order valence-corrected chi connectivity index (χ2v) is 11.5. The number of nitrogens with two attached hydrogens (primary N) is 1. The summed E-state index contributed by atoms with van der Waals surface area (Å²) in [6.07, 6.45) is -4.36. The second kappa shape index (κ2) is 11.5. The number of halogens is 3. The molecular weight excluding hydrogens is 581 g/mol. The number of esters is 1. The van der Waals surface area contributed by atoms with Crippen LogP contribution in [0, 0.1) is 0 Å². The molecule has 1 aliphatic heterocycles. The van der Waals surface area contributed by atoms with Crippen LogP contribution in [-0.2, 0) is 23.4 Å². The van der Waals surface area contributed by atoms with E-state index in [0.29, 0.717) is 0 Å². The monoisotopic (exact) mass is 606 g/mol. The number of hydrogen-bond acceptors (Lipinski definition) is 11. The summed E-state index contributed by atoms with van der Waals surface area (Å²) in [5, 5.41) is 10.2. The van der Waals surface area contributed by atoms with Crippen molar-refractivity contribution in [2.24, 2.45) is 0 Å². The van der Waals surface area contributed by atoms with Crippen LogP contribution in [0.25, 0.3) is 11.2 Å². The third kappa shape index (κ3) is 6.43. The highest BCUT2D eigenvalue weighted by Gasteiger charge is 2.58. The number of nitrogens with zero attached hydrogens (tertiary/aromatic N) is 4. The Balaban J connectivity index is 1.55. The fourth-order valence-corrected chi connectivity index (χ4v) is 5.70. The van der Waals surface area contributed by atoms with Crippen molar-refractivity contribution < 1.29 is 37.4 Å². The average Bonchev–Trinajstić information content (AvgIpc) is 3.36. The topological polar surface area (TPSA) is 173 Å². The van der Waals surface area contributed by atoms with E-state index in [1.54, 1.807) is 32.0 Å². The molecule has 4 N–H and O–H groups in total. The van der Waals surface area contributed by atoms with Gasteiger partial charge in [0.25, 0.3) is 5.13 Å². The number of alkyl halides is 2. The molecule has 3 heterocycles. The van der Waals surface area contributed by atoms with Crippen molar-refractivity contribution in [3.05, 3.63) is 41.8 Å². The number of aliphatic hydroxyl groups is 1. The Morgan fingerprint density at radius 3 is 2.69 bits per heavy atom. The number of para-hydroxylation sites is 1. The number of nitrogens with one attached hydrogen (secondary N) is 1. The normalized spacial score (nSPS) is 25.5. The van der Waals surface area contributed by atoms with Crippen LogP contribution in [0.2, 0.25) is 5.15 Å². The molecule has 6 atom stereocenters. The molecule has 0 radical (unpaired) electrons. The smallest absolute Gasteiger partial charge is 0.459 e. The van der Waals surface area contributed by atoms with Crippen molar-refractivity contribution in [2.45, 2.75) is 56.5 Å². The van der Waals surface area contributed by atoms with Gasteiger partial charge < -0.3 is 24.8 Å². The number of carbonyl (C=O) groups is 1. The first kappa shape index (κ1) is 29.4. The van der Waals surface area contributed by atoms with E-state index in [0.717, 1.165) is 10.9 Å². The van der Waals surface area contributed by atoms with Crippen LogP contribution in [-0.4, -0.2) is 66.7 Å². The van der Waals surface area contributed by atoms with E-state index in [4.69, 9.17) is 47.5 Å². The molecule has 0 spiro atoms. The number of hydrogen-bond donors (Lipinski definition) is 3. The predicted octanol–water partition coefficient (Wildman–Crippen LogP) is 3.36. The first-order valence-corrected chi connectivity index (χ1v) is 13.9. The summed E-state index contributed by atoms with van der Waals surface area (Å²) in [4.78, 5) is 24.1. The molecule has 1 saturated heterocycles. The van der Waals surface area contributed by atoms with Crippen LogP contribution in [0.4, 0.5) is 10.3 Å². The fraction of sp³-hybridized carbons (Fsp3) is 0.455. The van der Waals surface area contributed by atoms with Crippen molar-refractivity contribution in [3.63, 3.8) is 0 Å². The Morgan fingerprint density at radius 1 is 1.33 bits per heavy atom. The third-order valence-electron chi connectivity index (χ3n) is 5.46. The lowest BCUT2D eigenvalue weighted by Gasteiger charge is -2.25. The van der Waals surface area contributed by atoms with Crippen LogP contribution < -0.4 is 15.3 Å². The molecular formula is C22H26Cl2FN6O7P. The maximum absolute atomic E-state index is 15.6. The Hall–Kier alpha value is -2.58. The molecule has 17 heteroatoms. The minimum absolute atomic E-state index is 0.00572. The molecule has 1 aliphatic rings. The second-order valence-electron chi connectivity index (χ2n) is 8.88. The minimum Gasteiger partial charge on any atom is -0.462 e. The number of rotatable bonds is 10. The van der Waals surface area contributed by atoms with Gasteiger partial charge >= 0.3 is 13.7 Å². The molecule has 2 aromatic heterocycles. The lowest BCUT2D eigenvalue weighted by molar-refractivity contribution is -0.149. The van der Waals surface area contributed by atoms with E-state index in [1.807, 2.05) is 0 Å². The summed E-state index contributed by atoms with van der Waals surface area (Å²) < 4.78 is 52.3. The van der Waals surface area contributed by atoms with Gasteiger partial charge in [0, 0.05) is 0 Å². The molecule has 0 amide bonds. The molecule has 39 heavy (non-hydrogen) atoms. The number of nitrogen functional groups attached to an aromatic ring is 1. The number of anilines is 1. The third-order valence-corrected chi connectivity index (χ3v) is 7.78. The van der Waals surface area contributed by atoms with Gasteiger partial charge in [-0.3, -0.25) is 13.9 Å². The molecule has 1 fully saturated rings. The van der Waals surface area contributed by atoms with Gasteiger partial charge in [0.15, 0.2) is 17.0 Å². The number of fused-ring (bicyclic) bond motifs is 1. The van der Waals surface area contributed by atoms with Gasteiger partial charge in [-0.1, -0.05) is 41.4 Å². The van der Waals surface area contributed by atoms with E-state index in [9.17, 15) is 14.5 Å². The van der Waals surface area contributed by atoms with Gasteiger partial charge in [-0.15, -0.1) is 0 Å². The lowest BCUT2D eigenvalue weighted by Crippen LogP contribution is -2.40. The number of imidazole rings is 1. The van der Waals surface area contributed by atoms with E-state index < -0.39 is 56.0 Å². The largest absolute Gasteiger partial charge is 0.462 e. The van der Waals surface area contributed by atoms with Crippen LogP contribution in [0.5, 0.6) is 5.75 Å². The summed E-state index contributed by atoms with van der Waals surface area (Å²) in [5.41, 5.74) is 5.76. The zero-order valence-corrected chi connectivity index (χ0v) is 23.3. The van der Waals surface area contributed by atoms with Crippen molar-refractivity contribution in [3.8, 4) is 5.75 Å². The van der Waals surface area contributed by atoms with E-state index >= 15 is 4.39 Å². The maximum atomic E-state index is 15.6. The lowest BCUT2D eigenvalue weighted by atomic mass is 10.1. The van der Waals surface area contributed by atoms with Gasteiger partial charge in [0.05, 0.1) is 19.0 Å². The van der Waals surface area contributed by atoms with Crippen molar-refractivity contribution in [2.75, 3.05) is 12.3 Å². The molecule has 0 aliphatic carbocycles. The number of carbonyl (C=O) groups excluding carboxylic acids is 1. The van der Waals surface area contributed by atoms with Crippen molar-refractivity contribution >= 4 is 54.0 Å². The summed E-state index contributed by atoms with van der Waals surface area (Å²) >= 11 is 12.1. The van der Waals surface area contributed by atoms with Crippen LogP contribution in [0.15, 0.2) is 36.7 Å². The van der Waals surface area contributed by atoms with Crippen LogP contribution in [0.1, 0.15) is 27.0 Å². The van der Waals surface area contributed by atoms with Crippen LogP contribution >= 0.6 is 30.9 Å². The molecule has 13 nitrogen and oxygen atoms in total. The molecule has 2 unspecified atom stereocenters. The van der Waals surface area contributed by atoms with E-state index in [2.05, 4.69) is 20.0 Å². The molecule has 212 valence electrons. The Kier molecular flexibility index (Phi) is 8.67. The van der Waals surface area contributed by atoms with E-state index in [-0.39, 0.29) is 28.0 Å². The number of aromatic nitrogens is 4. The first-order valence-electron chi connectivity index (χ1n) is 11.6. The standard InChI is InChI=1S/C22H26Cl2FN6O7P/c1-11(2)36-19(33)12(3)30-39(34,38-13-7-5-4-6-8-13)35-9-14-16(32)22(24,25)20(37-14)31-10-27-15-17(23)28-21(26)29-18(15)31/h4-8,10-12,14,16,20,32H,9H2,1-3H3,(H,30,34)(H2,26,28,29)/t12-,14+,16?,20+,22+,39?/m0/s1. The Morgan fingerprint density at radius 2 is 2.03 bits per heavy atom. The zero-order valence-electron chi connectivity index (χ0n) is 20.9. The highest BCUT2D eigenvalue weighted by atomic mass is 35.5. The van der Waals surface area contributed by atoms with Crippen molar-refractivity contribution in [1.29, 1.82) is 0 Å². The maximum Gasteiger partial charge on any atom is 0.459 e. The number of aliphatic hydroxyl groups excluding tert-OH is 1. The van der Waals surface area contributed by atoms with Gasteiger partial charge in [-0.25, -0.2) is 13.9 Å². The van der Waals surface area contributed by atoms with Gasteiger partial charge in [-0.2, -0.15) is 15.1 Å². The Bertz CT molecular complexity index is 1380. The first-order chi connectivity index (χ1) is 18.3. The van der Waals surface area contributed by atoms with Gasteiger partial charge in [-0.05, 0) is 32.9 Å². The highest BCUT2D eigenvalue weighted by molar-refractivity contribution is 7.52. The molecule has 0 saturated carbocycles. The molecule has 1 aromatic carbocycles.